The second kappa shape index (κ2) is 11.1. The van der Waals surface area contributed by atoms with Crippen molar-refractivity contribution in [1.29, 1.82) is 0 Å². The summed E-state index contributed by atoms with van der Waals surface area (Å²) < 4.78 is 66.2. The molecule has 5 N–H and O–H groups in total. The minimum absolute atomic E-state index is 0.0102. The summed E-state index contributed by atoms with van der Waals surface area (Å²) in [5.41, 5.74) is 1.35. The van der Waals surface area contributed by atoms with Crippen molar-refractivity contribution < 1.29 is 45.7 Å². The molecule has 1 unspecified atom stereocenters. The van der Waals surface area contributed by atoms with Crippen molar-refractivity contribution >= 4 is 49.1 Å². The number of carbonyl (C=O) groups excluding carboxylic acids is 1. The standard InChI is InChI=1S/C31H32N2O10S2/c1-30(2)21-13-17(44(38,39)40)8-10-23(21)32-25(30)15-19-28(36)20(29(19)37)16-26-31(3,12-6-4-5-7-27(34)35)22-14-18(45(41,42)43)9-11-24(22)33-26/h8-11,13-16,33,36H,4-7,12H2,1-3H3,(H,34,35)(H,38,39,40)(H,41,42,43). The highest BCUT2D eigenvalue weighted by Crippen LogP contribution is 2.49. The smallest absolute Gasteiger partial charge is 0.303 e. The fraction of sp³-hybridized carbons (Fsp3) is 0.323. The number of carboxylic acids is 1. The number of aliphatic hydroxyl groups excluding tert-OH is 1. The number of fused-ring (bicyclic) bond motifs is 2. The Labute approximate surface area is 260 Å². The number of aliphatic carboxylic acids is 1. The van der Waals surface area contributed by atoms with Crippen LogP contribution in [0.2, 0.25) is 0 Å². The topological polar surface area (TPSA) is 208 Å². The van der Waals surface area contributed by atoms with Gasteiger partial charge < -0.3 is 15.5 Å². The van der Waals surface area contributed by atoms with E-state index in [1.165, 1.54) is 48.6 Å². The van der Waals surface area contributed by atoms with Gasteiger partial charge >= 0.3 is 5.97 Å². The van der Waals surface area contributed by atoms with Gasteiger partial charge in [0, 0.05) is 28.6 Å². The normalized spacial score (nSPS) is 22.2. The lowest BCUT2D eigenvalue weighted by molar-refractivity contribution is -0.137. The van der Waals surface area contributed by atoms with Crippen LogP contribution in [0.4, 0.5) is 11.4 Å². The molecule has 0 bridgehead atoms. The van der Waals surface area contributed by atoms with Crippen molar-refractivity contribution in [2.75, 3.05) is 5.32 Å². The summed E-state index contributed by atoms with van der Waals surface area (Å²) in [5.74, 6) is -1.64. The first-order valence-corrected chi connectivity index (χ1v) is 17.0. The summed E-state index contributed by atoms with van der Waals surface area (Å²) in [6.45, 7) is 5.39. The molecule has 45 heavy (non-hydrogen) atoms. The molecule has 0 amide bonds. The van der Waals surface area contributed by atoms with Crippen molar-refractivity contribution in [3.8, 4) is 0 Å². The lowest BCUT2D eigenvalue weighted by atomic mass is 9.75. The van der Waals surface area contributed by atoms with E-state index in [1.54, 1.807) is 13.8 Å². The number of rotatable bonds is 10. The number of allylic oxidation sites excluding steroid dienone is 5. The summed E-state index contributed by atoms with van der Waals surface area (Å²) in [7, 11) is -8.94. The van der Waals surface area contributed by atoms with Crippen molar-refractivity contribution in [1.82, 2.24) is 0 Å². The van der Waals surface area contributed by atoms with Crippen LogP contribution in [0.25, 0.3) is 0 Å². The Bertz CT molecular complexity index is 2000. The van der Waals surface area contributed by atoms with E-state index in [-0.39, 0.29) is 33.1 Å². The quantitative estimate of drug-likeness (QED) is 0.128. The van der Waals surface area contributed by atoms with Gasteiger partial charge in [0.2, 0.25) is 5.78 Å². The average Bonchev–Trinajstić information content (AvgIpc) is 3.37. The lowest BCUT2D eigenvalue weighted by Gasteiger charge is -2.28. The number of unbranched alkanes of at least 4 members (excludes halogenated alkanes) is 2. The van der Waals surface area contributed by atoms with Gasteiger partial charge in [0.1, 0.15) is 5.76 Å². The van der Waals surface area contributed by atoms with Crippen molar-refractivity contribution in [2.24, 2.45) is 4.99 Å². The van der Waals surface area contributed by atoms with Crippen molar-refractivity contribution in [2.45, 2.75) is 73.5 Å². The number of Topliss-reactive ketones (excluding diaryl/α,β-unsaturated/α-hetero) is 1. The molecule has 0 spiro atoms. The van der Waals surface area contributed by atoms with Crippen LogP contribution in [0.15, 0.2) is 85.9 Å². The number of nitrogens with zero attached hydrogens (tertiary/aromatic N) is 1. The maximum atomic E-state index is 13.4. The molecule has 2 heterocycles. The number of hydrogen-bond donors (Lipinski definition) is 5. The number of ketones is 1. The summed E-state index contributed by atoms with van der Waals surface area (Å²) in [5, 5.41) is 23.2. The number of nitrogens with one attached hydrogen (secondary N) is 1. The van der Waals surface area contributed by atoms with Gasteiger partial charge in [-0.05, 0) is 79.4 Å². The van der Waals surface area contributed by atoms with Crippen LogP contribution < -0.4 is 5.32 Å². The fourth-order valence-corrected chi connectivity index (χ4v) is 6.97. The average molecular weight is 657 g/mol. The van der Waals surface area contributed by atoms with Gasteiger partial charge in [-0.1, -0.05) is 26.7 Å². The molecule has 3 aliphatic rings. The first-order valence-electron chi connectivity index (χ1n) is 14.1. The zero-order chi connectivity index (χ0) is 33.1. The molecule has 5 rings (SSSR count). The summed E-state index contributed by atoms with van der Waals surface area (Å²) >= 11 is 0. The van der Waals surface area contributed by atoms with E-state index >= 15 is 0 Å². The Hall–Kier alpha value is -4.11. The maximum absolute atomic E-state index is 13.4. The number of benzene rings is 2. The fourth-order valence-electron chi connectivity index (χ4n) is 5.96. The van der Waals surface area contributed by atoms with E-state index in [2.05, 4.69) is 10.3 Å². The van der Waals surface area contributed by atoms with E-state index in [0.29, 0.717) is 59.6 Å². The first kappa shape index (κ1) is 32.3. The number of hydrogen-bond acceptors (Lipinski definition) is 9. The molecule has 238 valence electrons. The van der Waals surface area contributed by atoms with Crippen LogP contribution in [-0.2, 0) is 40.7 Å². The number of anilines is 1. The molecule has 2 aromatic carbocycles. The van der Waals surface area contributed by atoms with Crippen LogP contribution in [0, 0.1) is 0 Å². The third-order valence-corrected chi connectivity index (χ3v) is 10.4. The Balaban J connectivity index is 1.48. The van der Waals surface area contributed by atoms with Gasteiger partial charge in [0.05, 0.1) is 32.3 Å². The Morgan fingerprint density at radius 2 is 1.53 bits per heavy atom. The molecule has 14 heteroatoms. The number of carbonyl (C=O) groups is 2. The highest BCUT2D eigenvalue weighted by molar-refractivity contribution is 7.86. The minimum atomic E-state index is -4.50. The molecule has 0 saturated heterocycles. The van der Waals surface area contributed by atoms with Crippen LogP contribution >= 0.6 is 0 Å². The second-order valence-corrected chi connectivity index (χ2v) is 14.9. The molecular formula is C31H32N2O10S2. The monoisotopic (exact) mass is 656 g/mol. The van der Waals surface area contributed by atoms with E-state index in [1.807, 2.05) is 6.92 Å². The predicted molar refractivity (Wildman–Crippen MR) is 165 cm³/mol. The molecule has 2 aromatic rings. The largest absolute Gasteiger partial charge is 0.506 e. The third kappa shape index (κ3) is 5.86. The van der Waals surface area contributed by atoms with Crippen molar-refractivity contribution in [3.05, 3.63) is 82.3 Å². The molecule has 2 aliphatic heterocycles. The maximum Gasteiger partial charge on any atom is 0.303 e. The summed E-state index contributed by atoms with van der Waals surface area (Å²) in [6, 6.07) is 8.14. The molecule has 0 radical (unpaired) electrons. The van der Waals surface area contributed by atoms with Gasteiger partial charge in [-0.2, -0.15) is 16.8 Å². The number of aliphatic imine (C=N–C) groups is 1. The number of carboxylic acid groups (broad SMARTS) is 1. The molecular weight excluding hydrogens is 624 g/mol. The van der Waals surface area contributed by atoms with E-state index in [9.17, 15) is 40.6 Å². The van der Waals surface area contributed by atoms with Gasteiger partial charge in [-0.3, -0.25) is 23.7 Å². The molecule has 1 aliphatic carbocycles. The van der Waals surface area contributed by atoms with E-state index in [4.69, 9.17) is 5.11 Å². The van der Waals surface area contributed by atoms with Gasteiger partial charge in [0.15, 0.2) is 0 Å². The van der Waals surface area contributed by atoms with Crippen LogP contribution in [0.3, 0.4) is 0 Å². The molecule has 0 saturated carbocycles. The number of aliphatic hydroxyl groups is 1. The molecule has 0 fully saturated rings. The third-order valence-electron chi connectivity index (χ3n) is 8.70. The Kier molecular flexibility index (Phi) is 7.93. The predicted octanol–water partition coefficient (Wildman–Crippen LogP) is 5.17. The van der Waals surface area contributed by atoms with E-state index in [0.717, 1.165) is 0 Å². The SMILES string of the molecule is CC1(C)C(C=C2C(=O)C(C=C3Nc4ccc(S(=O)(=O)O)cc4C3(C)CCCCCC(=O)O)=C2O)=Nc2ccc(S(=O)(=O)O)cc21. The highest BCUT2D eigenvalue weighted by atomic mass is 32.2. The molecule has 12 nitrogen and oxygen atoms in total. The van der Waals surface area contributed by atoms with Gasteiger partial charge in [-0.25, -0.2) is 0 Å². The van der Waals surface area contributed by atoms with Crippen LogP contribution in [-0.4, -0.2) is 53.6 Å². The summed E-state index contributed by atoms with van der Waals surface area (Å²) in [4.78, 5) is 28.2. The van der Waals surface area contributed by atoms with Crippen LogP contribution in [0.1, 0.15) is 64.0 Å². The minimum Gasteiger partial charge on any atom is -0.506 e. The van der Waals surface area contributed by atoms with Gasteiger partial charge in [0.25, 0.3) is 20.2 Å². The van der Waals surface area contributed by atoms with Gasteiger partial charge in [-0.15, -0.1) is 0 Å². The van der Waals surface area contributed by atoms with Crippen LogP contribution in [0.5, 0.6) is 0 Å². The lowest BCUT2D eigenvalue weighted by Crippen LogP contribution is -2.29. The van der Waals surface area contributed by atoms with Crippen molar-refractivity contribution in [3.63, 3.8) is 0 Å². The molecule has 1 atom stereocenters. The summed E-state index contributed by atoms with van der Waals surface area (Å²) in [6.07, 6.45) is 5.05. The zero-order valence-corrected chi connectivity index (χ0v) is 26.3. The second-order valence-electron chi connectivity index (χ2n) is 12.1. The Morgan fingerprint density at radius 1 is 0.911 bits per heavy atom. The Morgan fingerprint density at radius 3 is 2.13 bits per heavy atom. The first-order chi connectivity index (χ1) is 20.8. The van der Waals surface area contributed by atoms with E-state index < -0.39 is 42.8 Å². The zero-order valence-electron chi connectivity index (χ0n) is 24.7. The molecule has 0 aromatic heterocycles. The highest BCUT2D eigenvalue weighted by Gasteiger charge is 2.43.